The highest BCUT2D eigenvalue weighted by Gasteiger charge is 2.20. The molecule has 2 rings (SSSR count). The van der Waals surface area contributed by atoms with Gasteiger partial charge in [-0.15, -0.1) is 0 Å². The average molecular weight is 236 g/mol. The molecule has 1 aliphatic heterocycles. The number of hydrogen-bond donors (Lipinski definition) is 0. The average Bonchev–Trinajstić information content (AvgIpc) is 2.81. The zero-order chi connectivity index (χ0) is 11.5. The van der Waals surface area contributed by atoms with E-state index in [2.05, 4.69) is 16.9 Å². The zero-order valence-electron chi connectivity index (χ0n) is 9.64. The van der Waals surface area contributed by atoms with E-state index < -0.39 is 0 Å². The summed E-state index contributed by atoms with van der Waals surface area (Å²) in [5, 5.41) is 0. The minimum absolute atomic E-state index is 0.0191. The zero-order valence-corrected chi connectivity index (χ0v) is 10.5. The maximum atomic E-state index is 11.1. The van der Waals surface area contributed by atoms with E-state index in [1.807, 2.05) is 17.8 Å². The Hall–Kier alpha value is -1.03. The molecule has 4 heteroatoms. The van der Waals surface area contributed by atoms with Crippen LogP contribution in [0.2, 0.25) is 0 Å². The first-order chi connectivity index (χ1) is 7.68. The van der Waals surface area contributed by atoms with Gasteiger partial charge in [-0.2, -0.15) is 11.8 Å². The van der Waals surface area contributed by atoms with Gasteiger partial charge in [-0.25, -0.2) is 0 Å². The molecule has 1 atom stereocenters. The summed E-state index contributed by atoms with van der Waals surface area (Å²) in [6.45, 7) is 1.54. The Morgan fingerprint density at radius 2 is 2.38 bits per heavy atom. The lowest BCUT2D eigenvalue weighted by atomic mass is 10.2. The number of aromatic nitrogens is 1. The molecule has 0 aromatic carbocycles. The smallest absolute Gasteiger partial charge is 0.178 e. The van der Waals surface area contributed by atoms with Crippen LogP contribution in [0.15, 0.2) is 18.3 Å². The van der Waals surface area contributed by atoms with Crippen molar-refractivity contribution in [2.75, 3.05) is 23.5 Å². The Morgan fingerprint density at radius 1 is 1.56 bits per heavy atom. The van der Waals surface area contributed by atoms with Crippen LogP contribution in [0.25, 0.3) is 0 Å². The van der Waals surface area contributed by atoms with Crippen LogP contribution in [0.4, 0.5) is 5.69 Å². The summed E-state index contributed by atoms with van der Waals surface area (Å²) in [4.78, 5) is 17.5. The summed E-state index contributed by atoms with van der Waals surface area (Å²) >= 11 is 2.00. The molecular weight excluding hydrogens is 220 g/mol. The standard InChI is InChI=1S/C12H16N2OS/c1-9(15)12-4-3-10(7-13-12)14(2)11-5-6-16-8-11/h3-4,7,11H,5-6,8H2,1-2H3. The molecule has 2 heterocycles. The third-order valence-electron chi connectivity index (χ3n) is 2.97. The predicted molar refractivity (Wildman–Crippen MR) is 68.4 cm³/mol. The molecular formula is C12H16N2OS. The highest BCUT2D eigenvalue weighted by Crippen LogP contribution is 2.25. The summed E-state index contributed by atoms with van der Waals surface area (Å²) in [6.07, 6.45) is 3.02. The summed E-state index contributed by atoms with van der Waals surface area (Å²) < 4.78 is 0. The minimum atomic E-state index is 0.0191. The van der Waals surface area contributed by atoms with Gasteiger partial charge in [-0.05, 0) is 24.3 Å². The molecule has 1 aliphatic rings. The van der Waals surface area contributed by atoms with Gasteiger partial charge in [0, 0.05) is 25.8 Å². The summed E-state index contributed by atoms with van der Waals surface area (Å²) in [5.74, 6) is 2.45. The van der Waals surface area contributed by atoms with Gasteiger partial charge in [-0.3, -0.25) is 9.78 Å². The quantitative estimate of drug-likeness (QED) is 0.754. The number of anilines is 1. The van der Waals surface area contributed by atoms with Crippen LogP contribution in [0.5, 0.6) is 0 Å². The van der Waals surface area contributed by atoms with Crippen molar-refractivity contribution in [3.8, 4) is 0 Å². The largest absolute Gasteiger partial charge is 0.370 e. The number of carbonyl (C=O) groups excluding carboxylic acids is 1. The van der Waals surface area contributed by atoms with Crippen molar-refractivity contribution in [2.24, 2.45) is 0 Å². The van der Waals surface area contributed by atoms with Crippen LogP contribution < -0.4 is 4.90 Å². The van der Waals surface area contributed by atoms with Gasteiger partial charge in [0.15, 0.2) is 5.78 Å². The van der Waals surface area contributed by atoms with Gasteiger partial charge >= 0.3 is 0 Å². The van der Waals surface area contributed by atoms with Gasteiger partial charge < -0.3 is 4.90 Å². The van der Waals surface area contributed by atoms with Crippen molar-refractivity contribution in [3.05, 3.63) is 24.0 Å². The Balaban J connectivity index is 2.11. The second kappa shape index (κ2) is 4.87. The summed E-state index contributed by atoms with van der Waals surface area (Å²) in [5.41, 5.74) is 1.63. The molecule has 0 radical (unpaired) electrons. The molecule has 16 heavy (non-hydrogen) atoms. The van der Waals surface area contributed by atoms with E-state index >= 15 is 0 Å². The van der Waals surface area contributed by atoms with Crippen molar-refractivity contribution in [1.29, 1.82) is 0 Å². The maximum absolute atomic E-state index is 11.1. The van der Waals surface area contributed by atoms with E-state index in [9.17, 15) is 4.79 Å². The highest BCUT2D eigenvalue weighted by atomic mass is 32.2. The molecule has 0 amide bonds. The van der Waals surface area contributed by atoms with E-state index in [4.69, 9.17) is 0 Å². The molecule has 86 valence electrons. The number of thioether (sulfide) groups is 1. The van der Waals surface area contributed by atoms with Crippen molar-refractivity contribution < 1.29 is 4.79 Å². The third kappa shape index (κ3) is 2.38. The van der Waals surface area contributed by atoms with Gasteiger partial charge in [0.2, 0.25) is 0 Å². The fraction of sp³-hybridized carbons (Fsp3) is 0.500. The monoisotopic (exact) mass is 236 g/mol. The van der Waals surface area contributed by atoms with Crippen molar-refractivity contribution in [2.45, 2.75) is 19.4 Å². The Bertz CT molecular complexity index is 371. The van der Waals surface area contributed by atoms with E-state index in [-0.39, 0.29) is 5.78 Å². The van der Waals surface area contributed by atoms with Crippen LogP contribution >= 0.6 is 11.8 Å². The second-order valence-electron chi connectivity index (χ2n) is 4.09. The molecule has 1 fully saturated rings. The van der Waals surface area contributed by atoms with Crippen LogP contribution in [-0.4, -0.2) is 35.4 Å². The molecule has 0 spiro atoms. The number of hydrogen-bond acceptors (Lipinski definition) is 4. The Labute approximate surface area is 100 Å². The number of pyridine rings is 1. The first-order valence-electron chi connectivity index (χ1n) is 5.46. The van der Waals surface area contributed by atoms with Gasteiger partial charge in [-0.1, -0.05) is 0 Å². The van der Waals surface area contributed by atoms with Crippen molar-refractivity contribution in [3.63, 3.8) is 0 Å². The first-order valence-corrected chi connectivity index (χ1v) is 6.61. The lowest BCUT2D eigenvalue weighted by Crippen LogP contribution is -2.31. The fourth-order valence-electron chi connectivity index (χ4n) is 1.84. The van der Waals surface area contributed by atoms with E-state index in [0.29, 0.717) is 11.7 Å². The SMILES string of the molecule is CC(=O)c1ccc(N(C)C2CCSC2)cn1. The minimum Gasteiger partial charge on any atom is -0.370 e. The van der Waals surface area contributed by atoms with Crippen LogP contribution in [0.1, 0.15) is 23.8 Å². The lowest BCUT2D eigenvalue weighted by molar-refractivity contribution is 0.101. The van der Waals surface area contributed by atoms with Gasteiger partial charge in [0.1, 0.15) is 5.69 Å². The summed E-state index contributed by atoms with van der Waals surface area (Å²) in [6, 6.07) is 4.39. The second-order valence-corrected chi connectivity index (χ2v) is 5.24. The van der Waals surface area contributed by atoms with Crippen molar-refractivity contribution >= 4 is 23.2 Å². The fourth-order valence-corrected chi connectivity index (χ4v) is 3.11. The lowest BCUT2D eigenvalue weighted by Gasteiger charge is -2.25. The highest BCUT2D eigenvalue weighted by molar-refractivity contribution is 7.99. The van der Waals surface area contributed by atoms with Gasteiger partial charge in [0.25, 0.3) is 0 Å². The van der Waals surface area contributed by atoms with E-state index in [0.717, 1.165) is 5.69 Å². The summed E-state index contributed by atoms with van der Waals surface area (Å²) in [7, 11) is 2.10. The number of nitrogens with zero attached hydrogens (tertiary/aromatic N) is 2. The molecule has 0 saturated carbocycles. The van der Waals surface area contributed by atoms with E-state index in [1.165, 1.54) is 17.9 Å². The van der Waals surface area contributed by atoms with Crippen molar-refractivity contribution in [1.82, 2.24) is 4.98 Å². The molecule has 0 bridgehead atoms. The molecule has 1 saturated heterocycles. The number of carbonyl (C=O) groups is 1. The third-order valence-corrected chi connectivity index (χ3v) is 4.11. The molecule has 0 aliphatic carbocycles. The number of ketones is 1. The molecule has 0 N–H and O–H groups in total. The molecule has 1 aromatic rings. The maximum Gasteiger partial charge on any atom is 0.178 e. The van der Waals surface area contributed by atoms with E-state index in [1.54, 1.807) is 19.2 Å². The normalized spacial score (nSPS) is 19.8. The number of rotatable bonds is 3. The van der Waals surface area contributed by atoms with Crippen LogP contribution in [-0.2, 0) is 0 Å². The molecule has 1 aromatic heterocycles. The van der Waals surface area contributed by atoms with Crippen LogP contribution in [0, 0.1) is 0 Å². The van der Waals surface area contributed by atoms with Crippen LogP contribution in [0.3, 0.4) is 0 Å². The Morgan fingerprint density at radius 3 is 2.88 bits per heavy atom. The predicted octanol–water partition coefficient (Wildman–Crippen LogP) is 2.23. The molecule has 1 unspecified atom stereocenters. The Kier molecular flexibility index (Phi) is 3.49. The van der Waals surface area contributed by atoms with Gasteiger partial charge in [0.05, 0.1) is 11.9 Å². The number of Topliss-reactive ketones (excluding diaryl/α,β-unsaturated/α-hetero) is 1. The molecule has 3 nitrogen and oxygen atoms in total. The first kappa shape index (κ1) is 11.5. The topological polar surface area (TPSA) is 33.2 Å².